The molecule has 0 heterocycles. The molecule has 0 atom stereocenters. The van der Waals surface area contributed by atoms with E-state index in [4.69, 9.17) is 0 Å². The van der Waals surface area contributed by atoms with Crippen molar-refractivity contribution in [1.82, 2.24) is 4.90 Å². The zero-order chi connectivity index (χ0) is 16.4. The van der Waals surface area contributed by atoms with Gasteiger partial charge in [0.15, 0.2) is 0 Å². The summed E-state index contributed by atoms with van der Waals surface area (Å²) in [5, 5.41) is 0. The standard InChI is InChI=1S/C17H18FN2.ClH.Pt/c1-20(2)12-11-19-13-16-15(9-6-10-17(16)18)14-7-4-3-5-8-14;;/h3-7,9-10,13H,11-12H2,1-2H3;1H;/q-1;;+2/p-1. The van der Waals surface area contributed by atoms with E-state index in [1.807, 2.05) is 49.3 Å². The fourth-order valence-electron chi connectivity index (χ4n) is 1.88. The summed E-state index contributed by atoms with van der Waals surface area (Å²) in [5.74, 6) is -0.256. The van der Waals surface area contributed by atoms with Gasteiger partial charge in [-0.3, -0.25) is 4.99 Å². The van der Waals surface area contributed by atoms with Crippen molar-refractivity contribution in [2.75, 3.05) is 27.2 Å². The minimum absolute atomic E-state index is 0.256. The first-order chi connectivity index (χ1) is 10.7. The number of halogens is 2. The van der Waals surface area contributed by atoms with Crippen LogP contribution in [0, 0.1) is 11.9 Å². The summed E-state index contributed by atoms with van der Waals surface area (Å²) in [6.45, 7) is 1.50. The molecule has 5 heteroatoms. The van der Waals surface area contributed by atoms with Gasteiger partial charge in [0.05, 0.1) is 6.54 Å². The molecular formula is C17H18ClFN2Pt. The Bertz CT molecular complexity index is 588. The van der Waals surface area contributed by atoms with Gasteiger partial charge in [-0.15, -0.1) is 35.9 Å². The molecule has 120 valence electrons. The van der Waals surface area contributed by atoms with Gasteiger partial charge in [-0.05, 0) is 25.7 Å². The van der Waals surface area contributed by atoms with Crippen LogP contribution in [-0.4, -0.2) is 38.3 Å². The predicted octanol–water partition coefficient (Wildman–Crippen LogP) is 3.96. The number of rotatable bonds is 5. The van der Waals surface area contributed by atoms with Crippen LogP contribution in [-0.2, 0) is 18.8 Å². The topological polar surface area (TPSA) is 15.6 Å². The molecule has 2 nitrogen and oxygen atoms in total. The maximum absolute atomic E-state index is 14.0. The zero-order valence-electron chi connectivity index (χ0n) is 12.5. The van der Waals surface area contributed by atoms with Crippen LogP contribution in [0.3, 0.4) is 0 Å². The molecule has 0 saturated carbocycles. The average molecular weight is 500 g/mol. The number of hydrogen-bond donors (Lipinski definition) is 0. The summed E-state index contributed by atoms with van der Waals surface area (Å²) in [4.78, 5) is 6.35. The summed E-state index contributed by atoms with van der Waals surface area (Å²) in [5.41, 5.74) is 2.22. The number of hydrogen-bond acceptors (Lipinski definition) is 2. The number of likely N-dealkylation sites (N-methyl/N-ethyl adjacent to an activating group) is 1. The molecule has 2 rings (SSSR count). The fraction of sp³-hybridized carbons (Fsp3) is 0.235. The second-order valence-corrected chi connectivity index (χ2v) is 4.82. The van der Waals surface area contributed by atoms with Crippen LogP contribution in [0.4, 0.5) is 4.39 Å². The van der Waals surface area contributed by atoms with Gasteiger partial charge in [0.2, 0.25) is 0 Å². The predicted molar refractivity (Wildman–Crippen MR) is 87.5 cm³/mol. The molecule has 2 aromatic carbocycles. The van der Waals surface area contributed by atoms with E-state index >= 15 is 0 Å². The van der Waals surface area contributed by atoms with E-state index in [2.05, 4.69) is 20.5 Å². The van der Waals surface area contributed by atoms with Crippen LogP contribution in [0.1, 0.15) is 5.56 Å². The molecule has 0 aliphatic rings. The van der Waals surface area contributed by atoms with Crippen LogP contribution in [0.25, 0.3) is 11.1 Å². The molecule has 0 N–H and O–H groups in total. The van der Waals surface area contributed by atoms with E-state index < -0.39 is 0 Å². The van der Waals surface area contributed by atoms with Crippen LogP contribution >= 0.6 is 9.42 Å². The maximum atomic E-state index is 14.0. The van der Waals surface area contributed by atoms with Crippen molar-refractivity contribution >= 4 is 15.6 Å². The van der Waals surface area contributed by atoms with Gasteiger partial charge < -0.3 is 4.90 Å². The van der Waals surface area contributed by atoms with Crippen LogP contribution < -0.4 is 0 Å². The summed E-state index contributed by atoms with van der Waals surface area (Å²) in [6.07, 6.45) is 1.62. The Morgan fingerprint density at radius 1 is 1.23 bits per heavy atom. The van der Waals surface area contributed by atoms with Crippen LogP contribution in [0.2, 0.25) is 0 Å². The van der Waals surface area contributed by atoms with Gasteiger partial charge in [-0.25, -0.2) is 4.39 Å². The van der Waals surface area contributed by atoms with E-state index in [-0.39, 0.29) is 5.82 Å². The monoisotopic (exact) mass is 499 g/mol. The Hall–Kier alpha value is -1.02. The van der Waals surface area contributed by atoms with Gasteiger partial charge in [-0.1, -0.05) is 17.7 Å². The third-order valence-corrected chi connectivity index (χ3v) is 2.95. The normalized spacial score (nSPS) is 10.7. The Balaban J connectivity index is 0.00000116. The first kappa shape index (κ1) is 19.0. The van der Waals surface area contributed by atoms with Gasteiger partial charge in [0.25, 0.3) is 0 Å². The third kappa shape index (κ3) is 6.00. The van der Waals surface area contributed by atoms with Crippen molar-refractivity contribution in [2.45, 2.75) is 0 Å². The Morgan fingerprint density at radius 2 is 2.00 bits per heavy atom. The SMILES string of the molecule is CN(C)CCN=Cc1c(F)cccc1-c1[c-]cccc1.[Cl][Pt+]. The van der Waals surface area contributed by atoms with Gasteiger partial charge >= 0.3 is 28.2 Å². The number of aliphatic imine (C=N–C) groups is 1. The van der Waals surface area contributed by atoms with E-state index in [0.29, 0.717) is 12.1 Å². The molecule has 0 amide bonds. The Morgan fingerprint density at radius 3 is 2.64 bits per heavy atom. The first-order valence-corrected chi connectivity index (χ1v) is 9.52. The van der Waals surface area contributed by atoms with Crippen LogP contribution in [0.15, 0.2) is 47.5 Å². The van der Waals surface area contributed by atoms with Crippen molar-refractivity contribution in [3.63, 3.8) is 0 Å². The minimum atomic E-state index is -0.256. The van der Waals surface area contributed by atoms with E-state index in [1.54, 1.807) is 31.1 Å². The van der Waals surface area contributed by atoms with Crippen molar-refractivity contribution in [3.05, 3.63) is 59.9 Å². The van der Waals surface area contributed by atoms with Gasteiger partial charge in [0, 0.05) is 12.8 Å². The Labute approximate surface area is 146 Å². The number of benzene rings is 2. The van der Waals surface area contributed by atoms with Gasteiger partial charge in [-0.2, -0.15) is 0 Å². The van der Waals surface area contributed by atoms with E-state index in [1.165, 1.54) is 6.07 Å². The first-order valence-electron chi connectivity index (χ1n) is 6.70. The van der Waals surface area contributed by atoms with Crippen molar-refractivity contribution < 1.29 is 23.2 Å². The molecule has 0 radical (unpaired) electrons. The summed E-state index contributed by atoms with van der Waals surface area (Å²) in [6, 6.07) is 15.8. The second-order valence-electron chi connectivity index (χ2n) is 4.82. The Kier molecular flexibility index (Phi) is 9.22. The van der Waals surface area contributed by atoms with Crippen LogP contribution in [0.5, 0.6) is 0 Å². The van der Waals surface area contributed by atoms with Crippen molar-refractivity contribution in [2.24, 2.45) is 4.99 Å². The van der Waals surface area contributed by atoms with E-state index in [0.717, 1.165) is 17.7 Å². The summed E-state index contributed by atoms with van der Waals surface area (Å²) >= 11 is 1.61. The molecule has 0 saturated heterocycles. The zero-order valence-corrected chi connectivity index (χ0v) is 15.5. The molecule has 0 spiro atoms. The van der Waals surface area contributed by atoms with E-state index in [9.17, 15) is 4.39 Å². The molecule has 0 bridgehead atoms. The molecule has 0 unspecified atom stereocenters. The van der Waals surface area contributed by atoms with Crippen molar-refractivity contribution in [1.29, 1.82) is 0 Å². The third-order valence-electron chi connectivity index (χ3n) is 2.95. The number of nitrogens with zero attached hydrogens (tertiary/aromatic N) is 2. The second kappa shape index (κ2) is 10.7. The molecule has 22 heavy (non-hydrogen) atoms. The molecular weight excluding hydrogens is 482 g/mol. The summed E-state index contributed by atoms with van der Waals surface area (Å²) in [7, 11) is 8.59. The summed E-state index contributed by atoms with van der Waals surface area (Å²) < 4.78 is 14.0. The molecule has 2 aromatic rings. The van der Waals surface area contributed by atoms with Gasteiger partial charge in [0.1, 0.15) is 5.82 Å². The molecule has 0 aromatic heterocycles. The fourth-order valence-corrected chi connectivity index (χ4v) is 1.88. The molecule has 0 aliphatic heterocycles. The molecule has 0 aliphatic carbocycles. The average Bonchev–Trinajstić information content (AvgIpc) is 2.55. The molecule has 0 fully saturated rings. The quantitative estimate of drug-likeness (QED) is 0.449. The van der Waals surface area contributed by atoms with Crippen molar-refractivity contribution in [3.8, 4) is 11.1 Å².